The van der Waals surface area contributed by atoms with Crippen molar-refractivity contribution < 1.29 is 4.42 Å². The molecule has 0 spiro atoms. The van der Waals surface area contributed by atoms with Gasteiger partial charge in [-0.3, -0.25) is 0 Å². The number of aryl methyl sites for hydroxylation is 1. The quantitative estimate of drug-likeness (QED) is 0.818. The van der Waals surface area contributed by atoms with Gasteiger partial charge in [-0.25, -0.2) is 4.98 Å². The molecule has 0 aromatic carbocycles. The SMILES string of the molecule is Cc1occc1SCc1csc(N)n1. The minimum atomic E-state index is 0.629. The molecular weight excluding hydrogens is 216 g/mol. The number of furan rings is 1. The normalized spacial score (nSPS) is 10.6. The molecule has 0 bridgehead atoms. The van der Waals surface area contributed by atoms with Crippen molar-refractivity contribution in [1.82, 2.24) is 4.98 Å². The van der Waals surface area contributed by atoms with E-state index < -0.39 is 0 Å². The first-order valence-corrected chi connectivity index (χ1v) is 5.99. The maximum absolute atomic E-state index is 5.54. The number of nitrogen functional groups attached to an aromatic ring is 1. The highest BCUT2D eigenvalue weighted by Gasteiger charge is 2.04. The van der Waals surface area contributed by atoms with E-state index in [0.29, 0.717) is 5.13 Å². The van der Waals surface area contributed by atoms with Gasteiger partial charge in [0.15, 0.2) is 5.13 Å². The number of nitrogens with zero attached hydrogens (tertiary/aromatic N) is 1. The van der Waals surface area contributed by atoms with E-state index in [-0.39, 0.29) is 0 Å². The van der Waals surface area contributed by atoms with Crippen LogP contribution in [0, 0.1) is 6.92 Å². The lowest BCUT2D eigenvalue weighted by atomic mass is 10.5. The van der Waals surface area contributed by atoms with Crippen LogP contribution in [0.4, 0.5) is 5.13 Å². The molecule has 2 N–H and O–H groups in total. The van der Waals surface area contributed by atoms with Gasteiger partial charge in [0.2, 0.25) is 0 Å². The van der Waals surface area contributed by atoms with E-state index in [1.54, 1.807) is 18.0 Å². The van der Waals surface area contributed by atoms with Gasteiger partial charge < -0.3 is 10.2 Å². The largest absolute Gasteiger partial charge is 0.468 e. The summed E-state index contributed by atoms with van der Waals surface area (Å²) in [5.74, 6) is 1.80. The molecule has 0 atom stereocenters. The van der Waals surface area contributed by atoms with Crippen molar-refractivity contribution >= 4 is 28.2 Å². The molecule has 0 fully saturated rings. The van der Waals surface area contributed by atoms with Gasteiger partial charge in [0.25, 0.3) is 0 Å². The van der Waals surface area contributed by atoms with E-state index >= 15 is 0 Å². The fourth-order valence-corrected chi connectivity index (χ4v) is 2.59. The third-order valence-corrected chi connectivity index (χ3v) is 3.65. The van der Waals surface area contributed by atoms with Crippen molar-refractivity contribution in [2.75, 3.05) is 5.73 Å². The fourth-order valence-electron chi connectivity index (χ4n) is 1.06. The first-order valence-electron chi connectivity index (χ1n) is 4.12. The summed E-state index contributed by atoms with van der Waals surface area (Å²) in [7, 11) is 0. The molecule has 2 heterocycles. The van der Waals surface area contributed by atoms with Crippen LogP contribution in [0.15, 0.2) is 27.0 Å². The van der Waals surface area contributed by atoms with Gasteiger partial charge in [0, 0.05) is 16.0 Å². The van der Waals surface area contributed by atoms with Crippen molar-refractivity contribution in [2.45, 2.75) is 17.6 Å². The van der Waals surface area contributed by atoms with Crippen molar-refractivity contribution in [3.8, 4) is 0 Å². The van der Waals surface area contributed by atoms with E-state index in [4.69, 9.17) is 10.2 Å². The Morgan fingerprint density at radius 3 is 3.07 bits per heavy atom. The maximum atomic E-state index is 5.54. The Labute approximate surface area is 90.3 Å². The molecular formula is C9H10N2OS2. The molecule has 0 saturated carbocycles. The molecule has 2 aromatic rings. The summed E-state index contributed by atoms with van der Waals surface area (Å²) in [5, 5.41) is 2.61. The Balaban J connectivity index is 1.98. The molecule has 3 nitrogen and oxygen atoms in total. The molecule has 0 radical (unpaired) electrons. The first kappa shape index (κ1) is 9.61. The summed E-state index contributed by atoms with van der Waals surface area (Å²) in [4.78, 5) is 5.35. The fraction of sp³-hybridized carbons (Fsp3) is 0.222. The second kappa shape index (κ2) is 4.06. The Bertz CT molecular complexity index is 422. The second-order valence-corrected chi connectivity index (χ2v) is 4.71. The minimum absolute atomic E-state index is 0.629. The molecule has 74 valence electrons. The van der Waals surface area contributed by atoms with E-state index in [0.717, 1.165) is 22.1 Å². The van der Waals surface area contributed by atoms with Crippen molar-refractivity contribution in [1.29, 1.82) is 0 Å². The zero-order valence-electron chi connectivity index (χ0n) is 7.69. The first-order chi connectivity index (χ1) is 6.75. The molecule has 2 rings (SSSR count). The molecule has 2 aromatic heterocycles. The average Bonchev–Trinajstić information content (AvgIpc) is 2.72. The van der Waals surface area contributed by atoms with Gasteiger partial charge in [0.05, 0.1) is 12.0 Å². The molecule has 0 aliphatic heterocycles. The lowest BCUT2D eigenvalue weighted by Crippen LogP contribution is -1.84. The number of hydrogen-bond acceptors (Lipinski definition) is 5. The van der Waals surface area contributed by atoms with Crippen LogP contribution in [-0.2, 0) is 5.75 Å². The highest BCUT2D eigenvalue weighted by Crippen LogP contribution is 2.27. The number of thiazole rings is 1. The Kier molecular flexibility index (Phi) is 2.79. The smallest absolute Gasteiger partial charge is 0.180 e. The van der Waals surface area contributed by atoms with Crippen molar-refractivity contribution in [2.24, 2.45) is 0 Å². The van der Waals surface area contributed by atoms with E-state index in [1.807, 2.05) is 18.4 Å². The van der Waals surface area contributed by atoms with Crippen LogP contribution in [0.5, 0.6) is 0 Å². The van der Waals surface area contributed by atoms with Crippen molar-refractivity contribution in [3.05, 3.63) is 29.2 Å². The number of rotatable bonds is 3. The lowest BCUT2D eigenvalue weighted by Gasteiger charge is -1.95. The summed E-state index contributed by atoms with van der Waals surface area (Å²) >= 11 is 3.19. The Morgan fingerprint density at radius 1 is 1.64 bits per heavy atom. The zero-order chi connectivity index (χ0) is 9.97. The van der Waals surface area contributed by atoms with Crippen LogP contribution in [0.3, 0.4) is 0 Å². The number of hydrogen-bond donors (Lipinski definition) is 1. The van der Waals surface area contributed by atoms with Crippen LogP contribution in [0.2, 0.25) is 0 Å². The van der Waals surface area contributed by atoms with Crippen LogP contribution in [0.1, 0.15) is 11.5 Å². The predicted molar refractivity (Wildman–Crippen MR) is 59.5 cm³/mol. The van der Waals surface area contributed by atoms with Crippen LogP contribution in [0.25, 0.3) is 0 Å². The Morgan fingerprint density at radius 2 is 2.50 bits per heavy atom. The third kappa shape index (κ3) is 2.10. The summed E-state index contributed by atoms with van der Waals surface area (Å²) < 4.78 is 5.19. The van der Waals surface area contributed by atoms with E-state index in [2.05, 4.69) is 4.98 Å². The van der Waals surface area contributed by atoms with Gasteiger partial charge in [-0.2, -0.15) is 0 Å². The van der Waals surface area contributed by atoms with E-state index in [9.17, 15) is 0 Å². The number of nitrogens with two attached hydrogens (primary N) is 1. The molecule has 14 heavy (non-hydrogen) atoms. The minimum Gasteiger partial charge on any atom is -0.468 e. The summed E-state index contributed by atoms with van der Waals surface area (Å²) in [6.45, 7) is 1.96. The standard InChI is InChI=1S/C9H10N2OS2/c1-6-8(2-3-12-6)13-4-7-5-14-9(10)11-7/h2-3,5H,4H2,1H3,(H2,10,11). The molecule has 0 unspecified atom stereocenters. The third-order valence-electron chi connectivity index (χ3n) is 1.76. The number of anilines is 1. The number of aromatic nitrogens is 1. The van der Waals surface area contributed by atoms with Gasteiger partial charge in [-0.15, -0.1) is 23.1 Å². The molecule has 0 aliphatic carbocycles. The molecule has 0 aliphatic rings. The van der Waals surface area contributed by atoms with Gasteiger partial charge >= 0.3 is 0 Å². The molecule has 5 heteroatoms. The molecule has 0 amide bonds. The van der Waals surface area contributed by atoms with Gasteiger partial charge in [-0.05, 0) is 13.0 Å². The molecule has 0 saturated heterocycles. The second-order valence-electron chi connectivity index (χ2n) is 2.81. The highest BCUT2D eigenvalue weighted by molar-refractivity contribution is 7.98. The number of thioether (sulfide) groups is 1. The monoisotopic (exact) mass is 226 g/mol. The summed E-state index contributed by atoms with van der Waals surface area (Å²) in [6.07, 6.45) is 1.70. The average molecular weight is 226 g/mol. The maximum Gasteiger partial charge on any atom is 0.180 e. The van der Waals surface area contributed by atoms with Gasteiger partial charge in [0.1, 0.15) is 5.76 Å². The highest BCUT2D eigenvalue weighted by atomic mass is 32.2. The Hall–Kier alpha value is -0.940. The van der Waals surface area contributed by atoms with Crippen LogP contribution in [-0.4, -0.2) is 4.98 Å². The topological polar surface area (TPSA) is 52.0 Å². The predicted octanol–water partition coefficient (Wildman–Crippen LogP) is 2.92. The summed E-state index contributed by atoms with van der Waals surface area (Å²) in [5.41, 5.74) is 6.56. The van der Waals surface area contributed by atoms with Crippen molar-refractivity contribution in [3.63, 3.8) is 0 Å². The lowest BCUT2D eigenvalue weighted by molar-refractivity contribution is 0.527. The zero-order valence-corrected chi connectivity index (χ0v) is 9.32. The summed E-state index contributed by atoms with van der Waals surface area (Å²) in [6, 6.07) is 1.97. The van der Waals surface area contributed by atoms with Gasteiger partial charge in [-0.1, -0.05) is 0 Å². The van der Waals surface area contributed by atoms with Crippen LogP contribution >= 0.6 is 23.1 Å². The van der Waals surface area contributed by atoms with Crippen LogP contribution < -0.4 is 5.73 Å². The van der Waals surface area contributed by atoms with E-state index in [1.165, 1.54) is 11.3 Å².